The van der Waals surface area contributed by atoms with Crippen LogP contribution in [0.5, 0.6) is 6.01 Å². The van der Waals surface area contributed by atoms with Gasteiger partial charge in [0.2, 0.25) is 0 Å². The van der Waals surface area contributed by atoms with Gasteiger partial charge in [0, 0.05) is 5.69 Å². The minimum Gasteiger partial charge on any atom is -0.501 e. The van der Waals surface area contributed by atoms with Crippen molar-refractivity contribution in [2.75, 3.05) is 6.61 Å². The lowest BCUT2D eigenvalue weighted by molar-refractivity contribution is 0.141. The van der Waals surface area contributed by atoms with Gasteiger partial charge in [0.05, 0.1) is 18.6 Å². The van der Waals surface area contributed by atoms with E-state index in [4.69, 9.17) is 9.47 Å². The molecule has 0 bridgehead atoms. The second-order valence-electron chi connectivity index (χ2n) is 4.85. The van der Waals surface area contributed by atoms with Crippen molar-refractivity contribution >= 4 is 6.08 Å². The fourth-order valence-corrected chi connectivity index (χ4v) is 2.25. The molecule has 2 rings (SSSR count). The molecule has 0 saturated heterocycles. The van der Waals surface area contributed by atoms with E-state index in [-0.39, 0.29) is 6.10 Å². The van der Waals surface area contributed by atoms with Crippen LogP contribution in [-0.2, 0) is 4.74 Å². The number of hydrogen-bond donors (Lipinski definition) is 0. The second kappa shape index (κ2) is 7.12. The van der Waals surface area contributed by atoms with Gasteiger partial charge < -0.3 is 9.47 Å². The Hall–Kier alpha value is -1.58. The topological polar surface area (TPSA) is 44.2 Å². The molecule has 4 nitrogen and oxygen atoms in total. The highest BCUT2D eigenvalue weighted by atomic mass is 16.5. The standard InChI is InChI=1S/C15H22N2O2/c1-3-18-10-9-13-11-12(2)16-15(17-13)19-14-7-5-4-6-8-14/h9-11,14H,3-8H2,1-2H3. The predicted molar refractivity (Wildman–Crippen MR) is 74.9 cm³/mol. The van der Waals surface area contributed by atoms with Crippen molar-refractivity contribution in [3.63, 3.8) is 0 Å². The monoisotopic (exact) mass is 262 g/mol. The lowest BCUT2D eigenvalue weighted by Gasteiger charge is -2.21. The Morgan fingerprint density at radius 2 is 2.05 bits per heavy atom. The number of hydrogen-bond acceptors (Lipinski definition) is 4. The van der Waals surface area contributed by atoms with Crippen molar-refractivity contribution < 1.29 is 9.47 Å². The summed E-state index contributed by atoms with van der Waals surface area (Å²) in [5, 5.41) is 0. The molecule has 0 amide bonds. The Balaban J connectivity index is 2.03. The first-order chi connectivity index (χ1) is 9.28. The summed E-state index contributed by atoms with van der Waals surface area (Å²) < 4.78 is 11.1. The van der Waals surface area contributed by atoms with E-state index in [1.807, 2.05) is 26.0 Å². The zero-order valence-corrected chi connectivity index (χ0v) is 11.8. The zero-order valence-electron chi connectivity index (χ0n) is 11.8. The van der Waals surface area contributed by atoms with Gasteiger partial charge in [-0.2, -0.15) is 4.98 Å². The van der Waals surface area contributed by atoms with Crippen LogP contribution in [0.2, 0.25) is 0 Å². The maximum absolute atomic E-state index is 5.89. The van der Waals surface area contributed by atoms with Crippen molar-refractivity contribution in [2.24, 2.45) is 0 Å². The molecule has 0 radical (unpaired) electrons. The van der Waals surface area contributed by atoms with Gasteiger partial charge in [-0.1, -0.05) is 6.42 Å². The van der Waals surface area contributed by atoms with Gasteiger partial charge in [-0.25, -0.2) is 4.98 Å². The van der Waals surface area contributed by atoms with E-state index in [0.717, 1.165) is 24.2 Å². The molecule has 1 saturated carbocycles. The minimum absolute atomic E-state index is 0.277. The van der Waals surface area contributed by atoms with E-state index in [9.17, 15) is 0 Å². The fourth-order valence-electron chi connectivity index (χ4n) is 2.25. The summed E-state index contributed by atoms with van der Waals surface area (Å²) in [5.74, 6) is 0. The first kappa shape index (κ1) is 13.8. The van der Waals surface area contributed by atoms with E-state index >= 15 is 0 Å². The number of ether oxygens (including phenoxy) is 2. The third-order valence-electron chi connectivity index (χ3n) is 3.18. The van der Waals surface area contributed by atoms with Crippen LogP contribution >= 0.6 is 0 Å². The molecular formula is C15H22N2O2. The Morgan fingerprint density at radius 1 is 1.26 bits per heavy atom. The quantitative estimate of drug-likeness (QED) is 0.762. The highest BCUT2D eigenvalue weighted by Gasteiger charge is 2.16. The molecule has 4 heteroatoms. The van der Waals surface area contributed by atoms with Gasteiger partial charge >= 0.3 is 6.01 Å². The van der Waals surface area contributed by atoms with Crippen LogP contribution in [0.15, 0.2) is 12.3 Å². The van der Waals surface area contributed by atoms with Crippen molar-refractivity contribution in [3.05, 3.63) is 23.7 Å². The van der Waals surface area contributed by atoms with E-state index in [0.29, 0.717) is 12.6 Å². The van der Waals surface area contributed by atoms with Gasteiger partial charge in [-0.3, -0.25) is 0 Å². The molecule has 0 N–H and O–H groups in total. The summed E-state index contributed by atoms with van der Waals surface area (Å²) in [6, 6.07) is 2.41. The summed E-state index contributed by atoms with van der Waals surface area (Å²) in [7, 11) is 0. The molecule has 1 aliphatic rings. The summed E-state index contributed by atoms with van der Waals surface area (Å²) in [6.07, 6.45) is 9.80. The van der Waals surface area contributed by atoms with E-state index in [2.05, 4.69) is 9.97 Å². The van der Waals surface area contributed by atoms with Crippen LogP contribution in [0.1, 0.15) is 50.4 Å². The van der Waals surface area contributed by atoms with Gasteiger partial charge in [0.15, 0.2) is 0 Å². The summed E-state index contributed by atoms with van der Waals surface area (Å²) in [5.41, 5.74) is 1.74. The zero-order chi connectivity index (χ0) is 13.5. The number of rotatable bonds is 5. The average Bonchev–Trinajstić information content (AvgIpc) is 2.39. The van der Waals surface area contributed by atoms with E-state index in [1.54, 1.807) is 6.26 Å². The van der Waals surface area contributed by atoms with Crippen molar-refractivity contribution in [1.29, 1.82) is 0 Å². The van der Waals surface area contributed by atoms with Crippen LogP contribution in [0.3, 0.4) is 0 Å². The lowest BCUT2D eigenvalue weighted by atomic mass is 9.98. The maximum atomic E-state index is 5.89. The van der Waals surface area contributed by atoms with Crippen LogP contribution in [0.25, 0.3) is 6.08 Å². The fraction of sp³-hybridized carbons (Fsp3) is 0.600. The molecule has 0 unspecified atom stereocenters. The van der Waals surface area contributed by atoms with Crippen LogP contribution in [-0.4, -0.2) is 22.7 Å². The average molecular weight is 262 g/mol. The van der Waals surface area contributed by atoms with Gasteiger partial charge in [0.1, 0.15) is 6.10 Å². The molecule has 1 fully saturated rings. The smallest absolute Gasteiger partial charge is 0.317 e. The Morgan fingerprint density at radius 3 is 2.79 bits per heavy atom. The Kier molecular flexibility index (Phi) is 5.19. The number of aromatic nitrogens is 2. The van der Waals surface area contributed by atoms with E-state index in [1.165, 1.54) is 19.3 Å². The summed E-state index contributed by atoms with van der Waals surface area (Å²) >= 11 is 0. The van der Waals surface area contributed by atoms with Crippen molar-refractivity contribution in [2.45, 2.75) is 52.1 Å². The summed E-state index contributed by atoms with van der Waals surface area (Å²) in [4.78, 5) is 8.75. The normalized spacial score (nSPS) is 16.7. The highest BCUT2D eigenvalue weighted by Crippen LogP contribution is 2.21. The minimum atomic E-state index is 0.277. The molecular weight excluding hydrogens is 240 g/mol. The maximum Gasteiger partial charge on any atom is 0.317 e. The third-order valence-corrected chi connectivity index (χ3v) is 3.18. The summed E-state index contributed by atoms with van der Waals surface area (Å²) in [6.45, 7) is 4.56. The van der Waals surface area contributed by atoms with Crippen molar-refractivity contribution in [3.8, 4) is 6.01 Å². The first-order valence-electron chi connectivity index (χ1n) is 7.08. The Bertz CT molecular complexity index is 426. The number of aryl methyl sites for hydroxylation is 1. The lowest BCUT2D eigenvalue weighted by Crippen LogP contribution is -2.21. The third kappa shape index (κ3) is 4.54. The molecule has 0 spiro atoms. The van der Waals surface area contributed by atoms with Crippen molar-refractivity contribution in [1.82, 2.24) is 9.97 Å². The van der Waals surface area contributed by atoms with Crippen LogP contribution < -0.4 is 4.74 Å². The molecule has 0 atom stereocenters. The molecule has 1 aliphatic carbocycles. The van der Waals surface area contributed by atoms with E-state index < -0.39 is 0 Å². The van der Waals surface area contributed by atoms with Crippen LogP contribution in [0.4, 0.5) is 0 Å². The first-order valence-corrected chi connectivity index (χ1v) is 7.08. The second-order valence-corrected chi connectivity index (χ2v) is 4.85. The van der Waals surface area contributed by atoms with Gasteiger partial charge in [0.25, 0.3) is 0 Å². The molecule has 1 aromatic rings. The molecule has 19 heavy (non-hydrogen) atoms. The molecule has 104 valence electrons. The molecule has 0 aromatic carbocycles. The van der Waals surface area contributed by atoms with Gasteiger partial charge in [-0.05, 0) is 51.7 Å². The van der Waals surface area contributed by atoms with Gasteiger partial charge in [-0.15, -0.1) is 0 Å². The molecule has 1 heterocycles. The molecule has 1 aromatic heterocycles. The Labute approximate surface area is 114 Å². The highest BCUT2D eigenvalue weighted by molar-refractivity contribution is 5.43. The molecule has 0 aliphatic heterocycles. The van der Waals surface area contributed by atoms with Crippen LogP contribution in [0, 0.1) is 6.92 Å². The number of nitrogens with zero attached hydrogens (tertiary/aromatic N) is 2. The SMILES string of the molecule is CCOC=Cc1cc(C)nc(OC2CCCCC2)n1. The largest absolute Gasteiger partial charge is 0.501 e. The predicted octanol–water partition coefficient (Wildman–Crippen LogP) is 3.50.